The fourth-order valence-corrected chi connectivity index (χ4v) is 3.30. The van der Waals surface area contributed by atoms with Crippen LogP contribution < -0.4 is 5.32 Å². The number of benzene rings is 1. The van der Waals surface area contributed by atoms with Crippen LogP contribution >= 0.6 is 0 Å². The molecule has 4 rings (SSSR count). The maximum atomic E-state index is 12.6. The summed E-state index contributed by atoms with van der Waals surface area (Å²) in [6.45, 7) is 0.666. The molecular formula is C16H15N5O3. The van der Waals surface area contributed by atoms with E-state index in [1.54, 1.807) is 11.1 Å². The number of imide groups is 1. The van der Waals surface area contributed by atoms with Gasteiger partial charge in [-0.1, -0.05) is 23.4 Å². The van der Waals surface area contributed by atoms with Crippen LogP contribution in [-0.2, 0) is 9.59 Å². The molecule has 0 saturated carbocycles. The van der Waals surface area contributed by atoms with Crippen molar-refractivity contribution in [3.05, 3.63) is 42.2 Å². The Morgan fingerprint density at radius 2 is 2.00 bits per heavy atom. The number of likely N-dealkylation sites (tertiary alicyclic amines) is 1. The van der Waals surface area contributed by atoms with Crippen molar-refractivity contribution in [2.45, 2.75) is 12.8 Å². The van der Waals surface area contributed by atoms with Gasteiger partial charge in [0.15, 0.2) is 5.69 Å². The molecule has 2 fully saturated rings. The van der Waals surface area contributed by atoms with Gasteiger partial charge in [-0.25, -0.2) is 4.68 Å². The first-order valence-electron chi connectivity index (χ1n) is 7.69. The topological polar surface area (TPSA) is 97.2 Å². The number of amides is 3. The minimum absolute atomic E-state index is 0.145. The molecule has 2 aliphatic rings. The SMILES string of the molecule is O=C1C[C@]2(CCN(C(=O)c3cn(-c4ccccc4)nn3)C2)C(=O)N1. The summed E-state index contributed by atoms with van der Waals surface area (Å²) in [5, 5.41) is 10.2. The van der Waals surface area contributed by atoms with Crippen LogP contribution in [0.25, 0.3) is 5.69 Å². The third kappa shape index (κ3) is 2.27. The van der Waals surface area contributed by atoms with Crippen LogP contribution in [0.4, 0.5) is 0 Å². The fourth-order valence-electron chi connectivity index (χ4n) is 3.30. The van der Waals surface area contributed by atoms with Gasteiger partial charge >= 0.3 is 0 Å². The molecule has 3 heterocycles. The summed E-state index contributed by atoms with van der Waals surface area (Å²) in [5.74, 6) is -0.832. The average Bonchev–Trinajstić information content (AvgIpc) is 3.28. The lowest BCUT2D eigenvalue weighted by atomic mass is 9.85. The zero-order chi connectivity index (χ0) is 16.7. The zero-order valence-corrected chi connectivity index (χ0v) is 12.8. The molecule has 1 N–H and O–H groups in total. The summed E-state index contributed by atoms with van der Waals surface area (Å²) in [4.78, 5) is 37.6. The summed E-state index contributed by atoms with van der Waals surface area (Å²) in [5.41, 5.74) is 0.255. The summed E-state index contributed by atoms with van der Waals surface area (Å²) >= 11 is 0. The minimum Gasteiger partial charge on any atom is -0.336 e. The molecule has 1 aromatic heterocycles. The monoisotopic (exact) mass is 325 g/mol. The molecule has 0 aliphatic carbocycles. The fraction of sp³-hybridized carbons (Fsp3) is 0.312. The number of nitrogens with zero attached hydrogens (tertiary/aromatic N) is 4. The van der Waals surface area contributed by atoms with E-state index >= 15 is 0 Å². The van der Waals surface area contributed by atoms with E-state index in [1.165, 1.54) is 4.68 Å². The van der Waals surface area contributed by atoms with Gasteiger partial charge in [0.25, 0.3) is 5.91 Å². The normalized spacial score (nSPS) is 23.1. The second-order valence-corrected chi connectivity index (χ2v) is 6.20. The quantitative estimate of drug-likeness (QED) is 0.793. The highest BCUT2D eigenvalue weighted by Crippen LogP contribution is 2.37. The smallest absolute Gasteiger partial charge is 0.276 e. The number of carbonyl (C=O) groups excluding carboxylic acids is 3. The van der Waals surface area contributed by atoms with E-state index in [4.69, 9.17) is 0 Å². The van der Waals surface area contributed by atoms with Gasteiger partial charge in [0.1, 0.15) is 0 Å². The molecule has 8 heteroatoms. The van der Waals surface area contributed by atoms with Crippen molar-refractivity contribution in [1.29, 1.82) is 0 Å². The standard InChI is InChI=1S/C16H15N5O3/c22-13-8-16(15(24)17-13)6-7-20(10-16)14(23)12-9-21(19-18-12)11-4-2-1-3-5-11/h1-5,9H,6-8,10H2,(H,17,22,24)/t16-/m0/s1. The van der Waals surface area contributed by atoms with Gasteiger partial charge in [0.2, 0.25) is 11.8 Å². The average molecular weight is 325 g/mol. The van der Waals surface area contributed by atoms with Gasteiger partial charge in [0, 0.05) is 19.5 Å². The maximum absolute atomic E-state index is 12.6. The highest BCUT2D eigenvalue weighted by molar-refractivity contribution is 6.06. The van der Waals surface area contributed by atoms with Crippen molar-refractivity contribution in [3.63, 3.8) is 0 Å². The lowest BCUT2D eigenvalue weighted by Gasteiger charge is -2.19. The van der Waals surface area contributed by atoms with Crippen molar-refractivity contribution in [2.75, 3.05) is 13.1 Å². The molecule has 3 amide bonds. The minimum atomic E-state index is -0.776. The predicted molar refractivity (Wildman–Crippen MR) is 82.1 cm³/mol. The number of hydrogen-bond donors (Lipinski definition) is 1. The molecule has 0 unspecified atom stereocenters. The van der Waals surface area contributed by atoms with Gasteiger partial charge in [-0.05, 0) is 18.6 Å². The Morgan fingerprint density at radius 3 is 2.71 bits per heavy atom. The number of aromatic nitrogens is 3. The predicted octanol–water partition coefficient (Wildman–Crippen LogP) is 0.146. The van der Waals surface area contributed by atoms with Crippen LogP contribution in [0.1, 0.15) is 23.3 Å². The molecule has 1 atom stereocenters. The zero-order valence-electron chi connectivity index (χ0n) is 12.8. The number of para-hydroxylation sites is 1. The van der Waals surface area contributed by atoms with Crippen molar-refractivity contribution in [3.8, 4) is 5.69 Å². The van der Waals surface area contributed by atoms with E-state index in [0.717, 1.165) is 5.69 Å². The Labute approximate surface area is 137 Å². The maximum Gasteiger partial charge on any atom is 0.276 e. The van der Waals surface area contributed by atoms with E-state index in [0.29, 0.717) is 13.0 Å². The van der Waals surface area contributed by atoms with Crippen LogP contribution in [0, 0.1) is 5.41 Å². The first-order chi connectivity index (χ1) is 11.6. The van der Waals surface area contributed by atoms with Crippen LogP contribution in [0.2, 0.25) is 0 Å². The molecule has 8 nitrogen and oxygen atoms in total. The molecule has 2 aromatic rings. The Hall–Kier alpha value is -3.03. The largest absolute Gasteiger partial charge is 0.336 e. The van der Waals surface area contributed by atoms with Crippen LogP contribution in [0.3, 0.4) is 0 Å². The first-order valence-corrected chi connectivity index (χ1v) is 7.69. The molecular weight excluding hydrogens is 310 g/mol. The van der Waals surface area contributed by atoms with Crippen molar-refractivity contribution in [2.24, 2.45) is 5.41 Å². The number of hydrogen-bond acceptors (Lipinski definition) is 5. The Kier molecular flexibility index (Phi) is 3.19. The number of carbonyl (C=O) groups is 3. The Bertz CT molecular complexity index is 831. The van der Waals surface area contributed by atoms with E-state index in [2.05, 4.69) is 15.6 Å². The van der Waals surface area contributed by atoms with Crippen molar-refractivity contribution < 1.29 is 14.4 Å². The van der Waals surface area contributed by atoms with Crippen molar-refractivity contribution >= 4 is 17.7 Å². The van der Waals surface area contributed by atoms with Gasteiger partial charge < -0.3 is 4.90 Å². The number of rotatable bonds is 2. The highest BCUT2D eigenvalue weighted by Gasteiger charge is 2.52. The molecule has 0 bridgehead atoms. The highest BCUT2D eigenvalue weighted by atomic mass is 16.2. The van der Waals surface area contributed by atoms with Crippen LogP contribution in [0.5, 0.6) is 0 Å². The van der Waals surface area contributed by atoms with Crippen LogP contribution in [-0.4, -0.2) is 50.7 Å². The van der Waals surface area contributed by atoms with Crippen molar-refractivity contribution in [1.82, 2.24) is 25.2 Å². The summed E-state index contributed by atoms with van der Waals surface area (Å²) < 4.78 is 1.53. The Morgan fingerprint density at radius 1 is 1.21 bits per heavy atom. The van der Waals surface area contributed by atoms with Gasteiger partial charge in [-0.3, -0.25) is 19.7 Å². The molecule has 2 saturated heterocycles. The van der Waals surface area contributed by atoms with E-state index in [1.807, 2.05) is 30.3 Å². The molecule has 0 radical (unpaired) electrons. The molecule has 2 aliphatic heterocycles. The number of nitrogens with one attached hydrogen (secondary N) is 1. The van der Waals surface area contributed by atoms with E-state index in [-0.39, 0.29) is 36.4 Å². The Balaban J connectivity index is 1.52. The van der Waals surface area contributed by atoms with Gasteiger partial charge in [-0.2, -0.15) is 0 Å². The second kappa shape index (κ2) is 5.26. The lowest BCUT2D eigenvalue weighted by molar-refractivity contribution is -0.128. The summed E-state index contributed by atoms with van der Waals surface area (Å²) in [6.07, 6.45) is 2.21. The van der Waals surface area contributed by atoms with Gasteiger partial charge in [0.05, 0.1) is 17.3 Å². The molecule has 1 aromatic carbocycles. The first kappa shape index (κ1) is 14.6. The molecule has 1 spiro atoms. The summed E-state index contributed by atoms with van der Waals surface area (Å²) in [6, 6.07) is 9.37. The molecule has 24 heavy (non-hydrogen) atoms. The second-order valence-electron chi connectivity index (χ2n) is 6.20. The molecule has 122 valence electrons. The van der Waals surface area contributed by atoms with E-state index < -0.39 is 5.41 Å². The lowest BCUT2D eigenvalue weighted by Crippen LogP contribution is -2.36. The summed E-state index contributed by atoms with van der Waals surface area (Å²) in [7, 11) is 0. The van der Waals surface area contributed by atoms with E-state index in [9.17, 15) is 14.4 Å². The third-order valence-electron chi connectivity index (χ3n) is 4.61. The van der Waals surface area contributed by atoms with Crippen LogP contribution in [0.15, 0.2) is 36.5 Å². The third-order valence-corrected chi connectivity index (χ3v) is 4.61. The van der Waals surface area contributed by atoms with Gasteiger partial charge in [-0.15, -0.1) is 5.10 Å².